The lowest BCUT2D eigenvalue weighted by molar-refractivity contribution is -0.317. The summed E-state index contributed by atoms with van der Waals surface area (Å²) in [6, 6.07) is -0.295. The van der Waals surface area contributed by atoms with E-state index in [1.165, 1.54) is 6.92 Å². The van der Waals surface area contributed by atoms with Crippen molar-refractivity contribution < 1.29 is 34.0 Å². The minimum Gasteiger partial charge on any atom is -0.462 e. The molecule has 1 saturated heterocycles. The van der Waals surface area contributed by atoms with Crippen molar-refractivity contribution in [2.45, 2.75) is 88.1 Å². The number of hydrogen-bond acceptors (Lipinski definition) is 8. The van der Waals surface area contributed by atoms with Crippen LogP contribution in [0, 0.1) is 34.5 Å². The summed E-state index contributed by atoms with van der Waals surface area (Å²) < 4.78 is 24.4. The maximum Gasteiger partial charge on any atom is 0.302 e. The number of esters is 1. The van der Waals surface area contributed by atoms with E-state index >= 15 is 0 Å². The van der Waals surface area contributed by atoms with E-state index in [2.05, 4.69) is 18.7 Å². The number of fused-ring (bicyclic) bond motifs is 2. The summed E-state index contributed by atoms with van der Waals surface area (Å²) in [6.07, 6.45) is 1.60. The molecule has 8 heteroatoms. The fourth-order valence-electron chi connectivity index (χ4n) is 11.0. The van der Waals surface area contributed by atoms with E-state index in [1.54, 1.807) is 21.3 Å². The predicted molar refractivity (Wildman–Crippen MR) is 122 cm³/mol. The van der Waals surface area contributed by atoms with Crippen LogP contribution in [0.4, 0.5) is 0 Å². The van der Waals surface area contributed by atoms with Gasteiger partial charge in [0.05, 0.1) is 24.4 Å². The molecule has 7 bridgehead atoms. The van der Waals surface area contributed by atoms with Gasteiger partial charge in [-0.25, -0.2) is 0 Å². The summed E-state index contributed by atoms with van der Waals surface area (Å²) in [5, 5.41) is 25.8. The first-order chi connectivity index (χ1) is 16.1. The minimum atomic E-state index is -1.53. The van der Waals surface area contributed by atoms with Crippen LogP contribution in [0.25, 0.3) is 0 Å². The first kappa shape index (κ1) is 23.6. The van der Waals surface area contributed by atoms with Gasteiger partial charge >= 0.3 is 5.97 Å². The smallest absolute Gasteiger partial charge is 0.302 e. The first-order valence-corrected chi connectivity index (χ1v) is 13.0. The summed E-state index contributed by atoms with van der Waals surface area (Å²) in [5.74, 6) is -0.676. The number of likely N-dealkylation sites (N-methyl/N-ethyl adjacent to an activating group) is 1. The average molecular weight is 480 g/mol. The van der Waals surface area contributed by atoms with E-state index in [0.29, 0.717) is 6.42 Å². The second-order valence-corrected chi connectivity index (χ2v) is 12.4. The highest BCUT2D eigenvalue weighted by Crippen LogP contribution is 2.80. The van der Waals surface area contributed by atoms with Crippen molar-refractivity contribution in [2.24, 2.45) is 34.5 Å². The van der Waals surface area contributed by atoms with Gasteiger partial charge in [0.1, 0.15) is 17.3 Å². The van der Waals surface area contributed by atoms with Gasteiger partial charge < -0.3 is 29.2 Å². The molecule has 6 fully saturated rings. The van der Waals surface area contributed by atoms with Crippen LogP contribution >= 0.6 is 0 Å². The summed E-state index contributed by atoms with van der Waals surface area (Å²) in [6.45, 7) is 7.57. The maximum atomic E-state index is 13.0. The Hall–Kier alpha value is -0.770. The lowest BCUT2D eigenvalue weighted by atomic mass is 9.43. The topological polar surface area (TPSA) is 97.7 Å². The fraction of sp³-hybridized carbons (Fsp3) is 0.962. The molecule has 0 aromatic carbocycles. The molecule has 5 aliphatic carbocycles. The molecule has 2 N–H and O–H groups in total. The Labute approximate surface area is 202 Å². The van der Waals surface area contributed by atoms with Gasteiger partial charge in [0, 0.05) is 64.4 Å². The van der Waals surface area contributed by atoms with Gasteiger partial charge in [-0.1, -0.05) is 13.8 Å². The van der Waals surface area contributed by atoms with Gasteiger partial charge in [0.2, 0.25) is 0 Å². The number of likely N-dealkylation sites (tertiary alicyclic amines) is 1. The molecule has 0 amide bonds. The van der Waals surface area contributed by atoms with Crippen LogP contribution in [0.2, 0.25) is 0 Å². The van der Waals surface area contributed by atoms with E-state index in [4.69, 9.17) is 18.9 Å². The van der Waals surface area contributed by atoms with Gasteiger partial charge in [-0.3, -0.25) is 9.69 Å². The largest absolute Gasteiger partial charge is 0.462 e. The molecule has 8 nitrogen and oxygen atoms in total. The van der Waals surface area contributed by atoms with Crippen LogP contribution in [0.5, 0.6) is 0 Å². The number of rotatable bonds is 5. The fourth-order valence-corrected chi connectivity index (χ4v) is 11.0. The maximum absolute atomic E-state index is 13.0. The standard InChI is InChI=1S/C26H41NO7/c1-7-27-12-23(3)9-8-17(32-5)25-15-10-14-16(31-4)11-24(29,18(15)19(14)34-13(2)28)26(30,22(25)27)21(33-6)20(23)25/h14-22,29-30H,7-12H2,1-6H3. The quantitative estimate of drug-likeness (QED) is 0.568. The average Bonchev–Trinajstić information content (AvgIpc) is 3.18. The van der Waals surface area contributed by atoms with E-state index in [0.717, 1.165) is 32.4 Å². The second-order valence-electron chi connectivity index (χ2n) is 12.4. The number of carbonyl (C=O) groups is 1. The van der Waals surface area contributed by atoms with E-state index < -0.39 is 28.8 Å². The van der Waals surface area contributed by atoms with E-state index in [9.17, 15) is 15.0 Å². The lowest BCUT2D eigenvalue weighted by Gasteiger charge is -2.69. The molecule has 6 rings (SSSR count). The van der Waals surface area contributed by atoms with Gasteiger partial charge in [-0.05, 0) is 37.1 Å². The highest BCUT2D eigenvalue weighted by Gasteiger charge is 2.91. The molecular formula is C26H41NO7. The summed E-state index contributed by atoms with van der Waals surface area (Å²) in [7, 11) is 5.12. The normalized spacial score (nSPS) is 59.2. The van der Waals surface area contributed by atoms with Crippen molar-refractivity contribution in [2.75, 3.05) is 34.4 Å². The van der Waals surface area contributed by atoms with Gasteiger partial charge in [0.25, 0.3) is 0 Å². The van der Waals surface area contributed by atoms with E-state index in [-0.39, 0.29) is 53.3 Å². The highest BCUT2D eigenvalue weighted by atomic mass is 16.6. The number of carbonyl (C=O) groups excluding carboxylic acids is 1. The molecule has 6 aliphatic rings. The van der Waals surface area contributed by atoms with Crippen LogP contribution in [-0.4, -0.2) is 97.2 Å². The number of hydrogen-bond donors (Lipinski definition) is 2. The Morgan fingerprint density at radius 2 is 1.88 bits per heavy atom. The van der Waals surface area contributed by atoms with Crippen molar-refractivity contribution in [1.29, 1.82) is 0 Å². The van der Waals surface area contributed by atoms with Crippen LogP contribution in [0.1, 0.15) is 46.5 Å². The third kappa shape index (κ3) is 2.27. The van der Waals surface area contributed by atoms with Crippen molar-refractivity contribution in [3.05, 3.63) is 0 Å². The number of piperidine rings is 1. The lowest BCUT2D eigenvalue weighted by Crippen LogP contribution is -2.81. The zero-order valence-corrected chi connectivity index (χ0v) is 21.3. The molecule has 0 aromatic rings. The zero-order valence-electron chi connectivity index (χ0n) is 21.3. The molecule has 13 atom stereocenters. The Bertz CT molecular complexity index is 885. The summed E-state index contributed by atoms with van der Waals surface area (Å²) in [5.41, 5.74) is -3.52. The third-order valence-electron chi connectivity index (χ3n) is 11.5. The number of methoxy groups -OCH3 is 3. The Morgan fingerprint density at radius 1 is 1.15 bits per heavy atom. The molecular weight excluding hydrogens is 438 g/mol. The monoisotopic (exact) mass is 479 g/mol. The number of ether oxygens (including phenoxy) is 4. The van der Waals surface area contributed by atoms with E-state index in [1.807, 2.05) is 0 Å². The van der Waals surface area contributed by atoms with Crippen LogP contribution in [0.3, 0.4) is 0 Å². The minimum absolute atomic E-state index is 0.0102. The van der Waals surface area contributed by atoms with Crippen LogP contribution in [0.15, 0.2) is 0 Å². The third-order valence-corrected chi connectivity index (χ3v) is 11.5. The summed E-state index contributed by atoms with van der Waals surface area (Å²) >= 11 is 0. The van der Waals surface area contributed by atoms with Gasteiger partial charge in [-0.15, -0.1) is 0 Å². The SMILES string of the molecule is CCN1CC2(C)CCC(OC)C34C5CC6C(OC)CC(O)(C5C6OC(C)=O)C(O)(C(OC)C23)C14. The molecule has 13 unspecified atom stereocenters. The first-order valence-electron chi connectivity index (χ1n) is 13.0. The van der Waals surface area contributed by atoms with Crippen molar-refractivity contribution in [3.63, 3.8) is 0 Å². The Morgan fingerprint density at radius 3 is 2.47 bits per heavy atom. The molecule has 192 valence electrons. The molecule has 0 aromatic heterocycles. The second kappa shape index (κ2) is 7.17. The molecule has 34 heavy (non-hydrogen) atoms. The molecule has 0 radical (unpaired) electrons. The molecule has 1 spiro atoms. The summed E-state index contributed by atoms with van der Waals surface area (Å²) in [4.78, 5) is 14.6. The van der Waals surface area contributed by atoms with Crippen LogP contribution < -0.4 is 0 Å². The zero-order chi connectivity index (χ0) is 24.4. The van der Waals surface area contributed by atoms with Crippen molar-refractivity contribution in [3.8, 4) is 0 Å². The van der Waals surface area contributed by atoms with Crippen molar-refractivity contribution >= 4 is 5.97 Å². The number of nitrogens with zero attached hydrogens (tertiary/aromatic N) is 1. The molecule has 5 saturated carbocycles. The van der Waals surface area contributed by atoms with Gasteiger partial charge in [-0.2, -0.15) is 0 Å². The van der Waals surface area contributed by atoms with Crippen molar-refractivity contribution in [1.82, 2.24) is 4.90 Å². The molecule has 1 heterocycles. The van der Waals surface area contributed by atoms with Crippen LogP contribution in [-0.2, 0) is 23.7 Å². The Balaban J connectivity index is 1.66. The predicted octanol–water partition coefficient (Wildman–Crippen LogP) is 1.22. The molecule has 1 aliphatic heterocycles. The highest BCUT2D eigenvalue weighted by molar-refractivity contribution is 5.66. The number of aliphatic hydroxyl groups is 2. The Kier molecular flexibility index (Phi) is 4.98. The van der Waals surface area contributed by atoms with Gasteiger partial charge in [0.15, 0.2) is 0 Å².